The minimum atomic E-state index is -1.04. The van der Waals surface area contributed by atoms with Gasteiger partial charge in [0, 0.05) is 12.3 Å². The van der Waals surface area contributed by atoms with E-state index in [1.807, 2.05) is 13.8 Å². The maximum Gasteiger partial charge on any atom is 0.341 e. The molecule has 1 fully saturated rings. The molecule has 1 saturated carbocycles. The minimum Gasteiger partial charge on any atom is -0.489 e. The smallest absolute Gasteiger partial charge is 0.341 e. The zero-order valence-corrected chi connectivity index (χ0v) is 9.84. The molecule has 1 aromatic heterocycles. The van der Waals surface area contributed by atoms with Crippen LogP contribution in [0.25, 0.3) is 0 Å². The number of hydrogen-bond donors (Lipinski definition) is 1. The molecular weight excluding hydrogens is 222 g/mol. The first-order valence-corrected chi connectivity index (χ1v) is 5.63. The molecule has 0 amide bonds. The Balaban J connectivity index is 2.24. The van der Waals surface area contributed by atoms with E-state index in [1.54, 1.807) is 6.07 Å². The normalized spacial score (nSPS) is 14.8. The first-order chi connectivity index (χ1) is 8.06. The molecule has 1 aliphatic rings. The van der Waals surface area contributed by atoms with Crippen LogP contribution in [0.15, 0.2) is 12.3 Å². The summed E-state index contributed by atoms with van der Waals surface area (Å²) in [6, 6.07) is 1.54. The molecule has 5 heteroatoms. The van der Waals surface area contributed by atoms with Crippen molar-refractivity contribution < 1.29 is 19.4 Å². The standard InChI is InChI=1S/C12H15NO4/c1-7(2)16-11-5-10(17-8-3-4-8)9(6-13-11)12(14)15/h5-8H,3-4H2,1-2H3,(H,14,15). The fourth-order valence-electron chi connectivity index (χ4n) is 1.35. The molecule has 1 aromatic rings. The van der Waals surface area contributed by atoms with E-state index in [-0.39, 0.29) is 17.8 Å². The molecule has 1 aliphatic carbocycles. The lowest BCUT2D eigenvalue weighted by molar-refractivity contribution is 0.0691. The molecule has 0 aliphatic heterocycles. The Hall–Kier alpha value is -1.78. The summed E-state index contributed by atoms with van der Waals surface area (Å²) >= 11 is 0. The van der Waals surface area contributed by atoms with Crippen molar-refractivity contribution in [2.75, 3.05) is 0 Å². The number of ether oxygens (including phenoxy) is 2. The molecule has 17 heavy (non-hydrogen) atoms. The van der Waals surface area contributed by atoms with Crippen molar-refractivity contribution in [3.05, 3.63) is 17.8 Å². The van der Waals surface area contributed by atoms with Crippen LogP contribution < -0.4 is 9.47 Å². The summed E-state index contributed by atoms with van der Waals surface area (Å²) in [5, 5.41) is 9.01. The second-order valence-electron chi connectivity index (χ2n) is 4.31. The molecule has 0 atom stereocenters. The van der Waals surface area contributed by atoms with Gasteiger partial charge >= 0.3 is 5.97 Å². The van der Waals surface area contributed by atoms with Crippen LogP contribution in [0.4, 0.5) is 0 Å². The van der Waals surface area contributed by atoms with Gasteiger partial charge in [0.1, 0.15) is 11.3 Å². The molecule has 0 unspecified atom stereocenters. The van der Waals surface area contributed by atoms with Crippen molar-refractivity contribution in [3.63, 3.8) is 0 Å². The van der Waals surface area contributed by atoms with Crippen molar-refractivity contribution in [2.24, 2.45) is 0 Å². The Morgan fingerprint density at radius 3 is 2.76 bits per heavy atom. The average Bonchev–Trinajstić information content (AvgIpc) is 3.00. The van der Waals surface area contributed by atoms with Gasteiger partial charge in [-0.3, -0.25) is 0 Å². The highest BCUT2D eigenvalue weighted by Crippen LogP contribution is 2.31. The summed E-state index contributed by atoms with van der Waals surface area (Å²) in [5.74, 6) is -0.310. The number of hydrogen-bond acceptors (Lipinski definition) is 4. The molecule has 1 heterocycles. The van der Waals surface area contributed by atoms with Gasteiger partial charge in [0.2, 0.25) is 5.88 Å². The summed E-state index contributed by atoms with van der Waals surface area (Å²) < 4.78 is 10.9. The van der Waals surface area contributed by atoms with Gasteiger partial charge in [0.05, 0.1) is 12.2 Å². The van der Waals surface area contributed by atoms with Crippen molar-refractivity contribution >= 4 is 5.97 Å². The van der Waals surface area contributed by atoms with Gasteiger partial charge < -0.3 is 14.6 Å². The fraction of sp³-hybridized carbons (Fsp3) is 0.500. The Morgan fingerprint density at radius 1 is 1.53 bits per heavy atom. The van der Waals surface area contributed by atoms with E-state index >= 15 is 0 Å². The second-order valence-corrected chi connectivity index (χ2v) is 4.31. The van der Waals surface area contributed by atoms with E-state index in [2.05, 4.69) is 4.98 Å². The number of nitrogens with zero attached hydrogens (tertiary/aromatic N) is 1. The molecule has 0 saturated heterocycles. The lowest BCUT2D eigenvalue weighted by atomic mass is 10.2. The van der Waals surface area contributed by atoms with E-state index in [4.69, 9.17) is 14.6 Å². The zero-order chi connectivity index (χ0) is 12.4. The maximum absolute atomic E-state index is 11.0. The molecule has 0 bridgehead atoms. The molecule has 2 rings (SSSR count). The molecule has 0 aromatic carbocycles. The molecule has 1 N–H and O–H groups in total. The van der Waals surface area contributed by atoms with Gasteiger partial charge in [-0.1, -0.05) is 0 Å². The van der Waals surface area contributed by atoms with Crippen molar-refractivity contribution in [2.45, 2.75) is 38.9 Å². The van der Waals surface area contributed by atoms with Crippen LogP contribution in [-0.2, 0) is 0 Å². The quantitative estimate of drug-likeness (QED) is 0.849. The Labute approximate surface area is 99.4 Å². The van der Waals surface area contributed by atoms with Crippen molar-refractivity contribution in [1.29, 1.82) is 0 Å². The van der Waals surface area contributed by atoms with E-state index in [0.717, 1.165) is 12.8 Å². The number of pyridine rings is 1. The fourth-order valence-corrected chi connectivity index (χ4v) is 1.35. The molecule has 5 nitrogen and oxygen atoms in total. The highest BCUT2D eigenvalue weighted by Gasteiger charge is 2.26. The molecule has 0 radical (unpaired) electrons. The largest absolute Gasteiger partial charge is 0.489 e. The van der Waals surface area contributed by atoms with Crippen LogP contribution in [0.5, 0.6) is 11.6 Å². The van der Waals surface area contributed by atoms with Gasteiger partial charge in [0.25, 0.3) is 0 Å². The predicted molar refractivity (Wildman–Crippen MR) is 60.6 cm³/mol. The number of carbonyl (C=O) groups is 1. The molecule has 0 spiro atoms. The summed E-state index contributed by atoms with van der Waals surface area (Å²) in [6.07, 6.45) is 3.36. The van der Waals surface area contributed by atoms with Crippen LogP contribution in [0, 0.1) is 0 Å². The van der Waals surface area contributed by atoms with Gasteiger partial charge in [-0.05, 0) is 26.7 Å². The van der Waals surface area contributed by atoms with E-state index in [0.29, 0.717) is 11.6 Å². The maximum atomic E-state index is 11.0. The van der Waals surface area contributed by atoms with Crippen molar-refractivity contribution in [1.82, 2.24) is 4.98 Å². The second kappa shape index (κ2) is 4.61. The first-order valence-electron chi connectivity index (χ1n) is 5.63. The third kappa shape index (κ3) is 3.09. The Kier molecular flexibility index (Phi) is 3.17. The first kappa shape index (κ1) is 11.7. The van der Waals surface area contributed by atoms with E-state index in [1.165, 1.54) is 6.20 Å². The lowest BCUT2D eigenvalue weighted by Crippen LogP contribution is -2.10. The number of carboxylic acid groups (broad SMARTS) is 1. The lowest BCUT2D eigenvalue weighted by Gasteiger charge is -2.12. The topological polar surface area (TPSA) is 68.7 Å². The third-order valence-electron chi connectivity index (χ3n) is 2.25. The van der Waals surface area contributed by atoms with Gasteiger partial charge in [0.15, 0.2) is 0 Å². The highest BCUT2D eigenvalue weighted by molar-refractivity contribution is 5.90. The van der Waals surface area contributed by atoms with Crippen molar-refractivity contribution in [3.8, 4) is 11.6 Å². The number of aromatic carboxylic acids is 1. The van der Waals surface area contributed by atoms with Gasteiger partial charge in [-0.2, -0.15) is 0 Å². The van der Waals surface area contributed by atoms with Crippen LogP contribution in [0.2, 0.25) is 0 Å². The Morgan fingerprint density at radius 2 is 2.24 bits per heavy atom. The summed E-state index contributed by atoms with van der Waals surface area (Å²) in [6.45, 7) is 3.77. The highest BCUT2D eigenvalue weighted by atomic mass is 16.5. The summed E-state index contributed by atoms with van der Waals surface area (Å²) in [5.41, 5.74) is 0.0769. The third-order valence-corrected chi connectivity index (χ3v) is 2.25. The number of rotatable bonds is 5. The van der Waals surface area contributed by atoms with E-state index < -0.39 is 5.97 Å². The van der Waals surface area contributed by atoms with Gasteiger partial charge in [-0.15, -0.1) is 0 Å². The van der Waals surface area contributed by atoms with Crippen LogP contribution in [-0.4, -0.2) is 28.3 Å². The Bertz CT molecular complexity index is 427. The monoisotopic (exact) mass is 237 g/mol. The summed E-state index contributed by atoms with van der Waals surface area (Å²) in [4.78, 5) is 14.9. The van der Waals surface area contributed by atoms with Crippen LogP contribution in [0.3, 0.4) is 0 Å². The molecular formula is C12H15NO4. The molecule has 92 valence electrons. The average molecular weight is 237 g/mol. The number of carboxylic acids is 1. The minimum absolute atomic E-state index is 0.00745. The van der Waals surface area contributed by atoms with Crippen LogP contribution >= 0.6 is 0 Å². The van der Waals surface area contributed by atoms with E-state index in [9.17, 15) is 4.79 Å². The zero-order valence-electron chi connectivity index (χ0n) is 9.84. The van der Waals surface area contributed by atoms with Gasteiger partial charge in [-0.25, -0.2) is 9.78 Å². The SMILES string of the molecule is CC(C)Oc1cc(OC2CC2)c(C(=O)O)cn1. The summed E-state index contributed by atoms with van der Waals surface area (Å²) in [7, 11) is 0. The predicted octanol–water partition coefficient (Wildman–Crippen LogP) is 2.11. The van der Waals surface area contributed by atoms with Crippen LogP contribution in [0.1, 0.15) is 37.0 Å². The number of aromatic nitrogens is 1.